The Hall–Kier alpha value is -1.89. The van der Waals surface area contributed by atoms with Crippen molar-refractivity contribution in [1.29, 1.82) is 0 Å². The third kappa shape index (κ3) is 1.99. The smallest absolute Gasteiger partial charge is 0.278 e. The second-order valence-electron chi connectivity index (χ2n) is 5.20. The summed E-state index contributed by atoms with van der Waals surface area (Å²) in [6, 6.07) is 1.85. The van der Waals surface area contributed by atoms with Crippen LogP contribution in [0.15, 0.2) is 17.8 Å². The van der Waals surface area contributed by atoms with E-state index in [9.17, 15) is 4.39 Å². The molecule has 0 unspecified atom stereocenters. The van der Waals surface area contributed by atoms with Gasteiger partial charge in [-0.3, -0.25) is 4.57 Å². The van der Waals surface area contributed by atoms with Crippen LogP contribution in [0, 0.1) is 6.08 Å². The number of halogens is 1. The summed E-state index contributed by atoms with van der Waals surface area (Å²) < 4.78 is 15.3. The average Bonchev–Trinajstić information content (AvgIpc) is 2.92. The molecule has 0 aromatic carbocycles. The average molecular weight is 277 g/mol. The molecule has 0 bridgehead atoms. The first-order chi connectivity index (χ1) is 8.97. The van der Waals surface area contributed by atoms with Crippen molar-refractivity contribution in [3.05, 3.63) is 23.9 Å². The predicted octanol–water partition coefficient (Wildman–Crippen LogP) is 2.84. The molecule has 3 aromatic heterocycles. The molecule has 0 aliphatic heterocycles. The molecule has 0 spiro atoms. The first-order valence-electron chi connectivity index (χ1n) is 5.78. The molecule has 0 saturated carbocycles. The Morgan fingerprint density at radius 3 is 2.74 bits per heavy atom. The number of aromatic nitrogens is 5. The second kappa shape index (κ2) is 4.06. The standard InChI is InChI=1S/C12H12FN5S/c1-12(2,3)18-9(16-17-11(18)13)7-4-8-10(14-5-7)19-6-15-8/h4-6H,1-3H3. The Morgan fingerprint density at radius 2 is 2.00 bits per heavy atom. The van der Waals surface area contributed by atoms with Crippen molar-refractivity contribution in [2.75, 3.05) is 0 Å². The molecule has 0 saturated heterocycles. The van der Waals surface area contributed by atoms with Gasteiger partial charge in [0.25, 0.3) is 0 Å². The molecule has 5 nitrogen and oxygen atoms in total. The van der Waals surface area contributed by atoms with E-state index >= 15 is 0 Å². The predicted molar refractivity (Wildman–Crippen MR) is 71.4 cm³/mol. The van der Waals surface area contributed by atoms with Gasteiger partial charge in [-0.15, -0.1) is 16.4 Å². The monoisotopic (exact) mass is 277 g/mol. The van der Waals surface area contributed by atoms with E-state index in [-0.39, 0.29) is 0 Å². The fourth-order valence-corrected chi connectivity index (χ4v) is 2.54. The van der Waals surface area contributed by atoms with Gasteiger partial charge in [-0.05, 0) is 26.8 Å². The van der Waals surface area contributed by atoms with Gasteiger partial charge in [0.1, 0.15) is 10.3 Å². The number of pyridine rings is 1. The first kappa shape index (κ1) is 12.2. The minimum atomic E-state index is -0.596. The van der Waals surface area contributed by atoms with Crippen molar-refractivity contribution in [2.24, 2.45) is 0 Å². The molecule has 3 aromatic rings. The largest absolute Gasteiger partial charge is 0.310 e. The van der Waals surface area contributed by atoms with Crippen LogP contribution >= 0.6 is 11.3 Å². The van der Waals surface area contributed by atoms with Gasteiger partial charge >= 0.3 is 6.08 Å². The van der Waals surface area contributed by atoms with Crippen LogP contribution in [0.5, 0.6) is 0 Å². The summed E-state index contributed by atoms with van der Waals surface area (Å²) in [7, 11) is 0. The Balaban J connectivity index is 2.21. The lowest BCUT2D eigenvalue weighted by molar-refractivity contribution is 0.330. The van der Waals surface area contributed by atoms with E-state index in [2.05, 4.69) is 20.2 Å². The van der Waals surface area contributed by atoms with Gasteiger partial charge in [-0.2, -0.15) is 4.39 Å². The quantitative estimate of drug-likeness (QED) is 0.686. The van der Waals surface area contributed by atoms with Gasteiger partial charge < -0.3 is 0 Å². The molecule has 3 rings (SSSR count). The topological polar surface area (TPSA) is 56.5 Å². The van der Waals surface area contributed by atoms with Gasteiger partial charge in [0.2, 0.25) is 0 Å². The molecule has 7 heteroatoms. The number of hydrogen-bond acceptors (Lipinski definition) is 5. The van der Waals surface area contributed by atoms with E-state index in [1.807, 2.05) is 26.8 Å². The number of rotatable bonds is 1. The molecule has 0 atom stereocenters. The highest BCUT2D eigenvalue weighted by molar-refractivity contribution is 7.16. The van der Waals surface area contributed by atoms with Gasteiger partial charge in [-0.1, -0.05) is 5.10 Å². The van der Waals surface area contributed by atoms with Crippen LogP contribution in [-0.4, -0.2) is 24.7 Å². The van der Waals surface area contributed by atoms with Crippen molar-refractivity contribution in [2.45, 2.75) is 26.3 Å². The molecule has 0 N–H and O–H groups in total. The maximum Gasteiger partial charge on any atom is 0.310 e. The Kier molecular flexibility index (Phi) is 2.60. The lowest BCUT2D eigenvalue weighted by atomic mass is 10.1. The lowest BCUT2D eigenvalue weighted by Gasteiger charge is -2.22. The first-order valence-corrected chi connectivity index (χ1v) is 6.66. The summed E-state index contributed by atoms with van der Waals surface area (Å²) in [4.78, 5) is 9.36. The summed E-state index contributed by atoms with van der Waals surface area (Å²) in [5, 5.41) is 7.45. The van der Waals surface area contributed by atoms with Gasteiger partial charge in [-0.25, -0.2) is 9.97 Å². The van der Waals surface area contributed by atoms with Crippen LogP contribution in [0.3, 0.4) is 0 Å². The second-order valence-corrected chi connectivity index (χ2v) is 6.03. The third-order valence-electron chi connectivity index (χ3n) is 2.74. The normalized spacial score (nSPS) is 12.2. The van der Waals surface area contributed by atoms with E-state index in [4.69, 9.17) is 0 Å². The van der Waals surface area contributed by atoms with Crippen LogP contribution < -0.4 is 0 Å². The zero-order chi connectivity index (χ0) is 13.6. The van der Waals surface area contributed by atoms with Crippen molar-refractivity contribution in [3.63, 3.8) is 0 Å². The molecule has 0 amide bonds. The van der Waals surface area contributed by atoms with Gasteiger partial charge in [0.15, 0.2) is 5.82 Å². The molecule has 3 heterocycles. The molecule has 0 aliphatic carbocycles. The SMILES string of the molecule is CC(C)(C)n1c(F)nnc1-c1cnc2scnc2c1. The number of thiazole rings is 1. The summed E-state index contributed by atoms with van der Waals surface area (Å²) in [6.45, 7) is 5.70. The van der Waals surface area contributed by atoms with E-state index in [0.29, 0.717) is 11.4 Å². The van der Waals surface area contributed by atoms with E-state index in [1.165, 1.54) is 15.9 Å². The Morgan fingerprint density at radius 1 is 1.21 bits per heavy atom. The Bertz CT molecular complexity index is 740. The highest BCUT2D eigenvalue weighted by atomic mass is 32.1. The van der Waals surface area contributed by atoms with Crippen molar-refractivity contribution in [3.8, 4) is 11.4 Å². The number of nitrogens with zero attached hydrogens (tertiary/aromatic N) is 5. The maximum absolute atomic E-state index is 13.8. The van der Waals surface area contributed by atoms with Crippen LogP contribution in [-0.2, 0) is 5.54 Å². The molecular formula is C12H12FN5S. The van der Waals surface area contributed by atoms with Gasteiger partial charge in [0.05, 0.1) is 5.51 Å². The summed E-state index contributed by atoms with van der Waals surface area (Å²) in [6.07, 6.45) is 1.08. The third-order valence-corrected chi connectivity index (χ3v) is 3.49. The molecule has 0 aliphatic rings. The van der Waals surface area contributed by atoms with Crippen molar-refractivity contribution >= 4 is 21.7 Å². The highest BCUT2D eigenvalue weighted by Crippen LogP contribution is 2.27. The van der Waals surface area contributed by atoms with Crippen LogP contribution in [0.4, 0.5) is 4.39 Å². The fourth-order valence-electron chi connectivity index (χ4n) is 1.93. The van der Waals surface area contributed by atoms with Crippen LogP contribution in [0.25, 0.3) is 21.7 Å². The van der Waals surface area contributed by atoms with Gasteiger partial charge in [0, 0.05) is 17.3 Å². The van der Waals surface area contributed by atoms with Crippen molar-refractivity contribution < 1.29 is 4.39 Å². The fraction of sp³-hybridized carbons (Fsp3) is 0.333. The molecule has 0 fully saturated rings. The minimum absolute atomic E-state index is 0.444. The molecule has 98 valence electrons. The maximum atomic E-state index is 13.8. The van der Waals surface area contributed by atoms with Crippen molar-refractivity contribution in [1.82, 2.24) is 24.7 Å². The lowest BCUT2D eigenvalue weighted by Crippen LogP contribution is -2.24. The van der Waals surface area contributed by atoms with E-state index in [1.54, 1.807) is 11.7 Å². The zero-order valence-corrected chi connectivity index (χ0v) is 11.6. The Labute approximate surface area is 113 Å². The summed E-state index contributed by atoms with van der Waals surface area (Å²) in [5.41, 5.74) is 2.78. The summed E-state index contributed by atoms with van der Waals surface area (Å²) in [5.74, 6) is 0.465. The zero-order valence-electron chi connectivity index (χ0n) is 10.8. The summed E-state index contributed by atoms with van der Waals surface area (Å²) >= 11 is 1.47. The highest BCUT2D eigenvalue weighted by Gasteiger charge is 2.24. The number of hydrogen-bond donors (Lipinski definition) is 0. The van der Waals surface area contributed by atoms with Crippen LogP contribution in [0.1, 0.15) is 20.8 Å². The molecular weight excluding hydrogens is 265 g/mol. The van der Waals surface area contributed by atoms with E-state index < -0.39 is 11.6 Å². The minimum Gasteiger partial charge on any atom is -0.278 e. The van der Waals surface area contributed by atoms with Crippen LogP contribution in [0.2, 0.25) is 0 Å². The van der Waals surface area contributed by atoms with E-state index in [0.717, 1.165) is 10.3 Å². The number of fused-ring (bicyclic) bond motifs is 1. The molecule has 19 heavy (non-hydrogen) atoms. The molecule has 0 radical (unpaired) electrons.